The highest BCUT2D eigenvalue weighted by Gasteiger charge is 2.26. The van der Waals surface area contributed by atoms with Crippen LogP contribution in [0.1, 0.15) is 19.4 Å². The highest BCUT2D eigenvalue weighted by atomic mass is 35.5. The highest BCUT2D eigenvalue weighted by Crippen LogP contribution is 2.29. The Labute approximate surface area is 184 Å². The first-order chi connectivity index (χ1) is 14.3. The Morgan fingerprint density at radius 1 is 1.07 bits per heavy atom. The van der Waals surface area contributed by atoms with Gasteiger partial charge in [0.2, 0.25) is 5.91 Å². The lowest BCUT2D eigenvalue weighted by Gasteiger charge is -2.38. The Hall–Kier alpha value is -2.28. The molecule has 6 nitrogen and oxygen atoms in total. The van der Waals surface area contributed by atoms with Crippen LogP contribution >= 0.6 is 11.6 Å². The number of nitrogens with zero attached hydrogens (tertiary/aromatic N) is 3. The van der Waals surface area contributed by atoms with E-state index in [-0.39, 0.29) is 5.91 Å². The second kappa shape index (κ2) is 10.2. The SMILES string of the molecule is CC(C)CN(N)c1ccccc1N1CCN(C(=O)C(N)Cc2ccc(Cl)cc2)CC1. The van der Waals surface area contributed by atoms with Gasteiger partial charge in [0.05, 0.1) is 17.4 Å². The molecule has 2 aromatic carbocycles. The largest absolute Gasteiger partial charge is 0.366 e. The van der Waals surface area contributed by atoms with Gasteiger partial charge in [-0.25, -0.2) is 5.84 Å². The third kappa shape index (κ3) is 5.65. The molecule has 162 valence electrons. The van der Waals surface area contributed by atoms with Crippen LogP contribution in [0.4, 0.5) is 11.4 Å². The zero-order valence-electron chi connectivity index (χ0n) is 17.8. The number of amides is 1. The molecule has 4 N–H and O–H groups in total. The number of anilines is 2. The molecule has 1 fully saturated rings. The first kappa shape index (κ1) is 22.4. The number of hydrogen-bond donors (Lipinski definition) is 2. The van der Waals surface area contributed by atoms with Crippen LogP contribution in [-0.4, -0.2) is 49.6 Å². The molecule has 2 aromatic rings. The minimum atomic E-state index is -0.546. The van der Waals surface area contributed by atoms with Crippen LogP contribution < -0.4 is 21.5 Å². The van der Waals surface area contributed by atoms with Gasteiger partial charge < -0.3 is 20.5 Å². The van der Waals surface area contributed by atoms with E-state index in [0.717, 1.165) is 36.6 Å². The second-order valence-electron chi connectivity index (χ2n) is 8.28. The van der Waals surface area contributed by atoms with Gasteiger partial charge in [0.1, 0.15) is 0 Å². The fourth-order valence-electron chi connectivity index (χ4n) is 3.83. The monoisotopic (exact) mass is 429 g/mol. The summed E-state index contributed by atoms with van der Waals surface area (Å²) < 4.78 is 0. The lowest BCUT2D eigenvalue weighted by atomic mass is 10.1. The molecule has 0 bridgehead atoms. The van der Waals surface area contributed by atoms with Gasteiger partial charge in [-0.05, 0) is 42.2 Å². The minimum absolute atomic E-state index is 0.00172. The topological polar surface area (TPSA) is 78.8 Å². The summed E-state index contributed by atoms with van der Waals surface area (Å²) >= 11 is 5.93. The van der Waals surface area contributed by atoms with Crippen molar-refractivity contribution in [1.29, 1.82) is 0 Å². The number of halogens is 1. The summed E-state index contributed by atoms with van der Waals surface area (Å²) in [6.07, 6.45) is 0.510. The van der Waals surface area contributed by atoms with Crippen LogP contribution in [0.3, 0.4) is 0 Å². The number of para-hydroxylation sites is 2. The Morgan fingerprint density at radius 2 is 1.70 bits per heavy atom. The van der Waals surface area contributed by atoms with Crippen molar-refractivity contribution >= 4 is 28.9 Å². The van der Waals surface area contributed by atoms with Crippen LogP contribution in [-0.2, 0) is 11.2 Å². The van der Waals surface area contributed by atoms with Crippen molar-refractivity contribution < 1.29 is 4.79 Å². The Morgan fingerprint density at radius 3 is 2.33 bits per heavy atom. The lowest BCUT2D eigenvalue weighted by Crippen LogP contribution is -2.54. The van der Waals surface area contributed by atoms with Gasteiger partial charge in [-0.2, -0.15) is 0 Å². The summed E-state index contributed by atoms with van der Waals surface area (Å²) in [4.78, 5) is 17.0. The molecular weight excluding hydrogens is 398 g/mol. The van der Waals surface area contributed by atoms with Crippen molar-refractivity contribution in [2.45, 2.75) is 26.3 Å². The molecule has 30 heavy (non-hydrogen) atoms. The number of benzene rings is 2. The molecule has 1 aliphatic rings. The smallest absolute Gasteiger partial charge is 0.239 e. The number of hydrogen-bond acceptors (Lipinski definition) is 5. The maximum Gasteiger partial charge on any atom is 0.239 e. The maximum atomic E-state index is 12.8. The fourth-order valence-corrected chi connectivity index (χ4v) is 3.96. The third-order valence-corrected chi connectivity index (χ3v) is 5.62. The van der Waals surface area contributed by atoms with E-state index in [4.69, 9.17) is 23.2 Å². The molecule has 1 aliphatic heterocycles. The molecule has 0 saturated carbocycles. The normalized spacial score (nSPS) is 15.4. The zero-order chi connectivity index (χ0) is 21.7. The van der Waals surface area contributed by atoms with Gasteiger partial charge in [0.25, 0.3) is 0 Å². The first-order valence-corrected chi connectivity index (χ1v) is 10.9. The van der Waals surface area contributed by atoms with Crippen molar-refractivity contribution in [3.05, 3.63) is 59.1 Å². The summed E-state index contributed by atoms with van der Waals surface area (Å²) in [6, 6.07) is 15.1. The van der Waals surface area contributed by atoms with Crippen molar-refractivity contribution in [2.75, 3.05) is 42.6 Å². The van der Waals surface area contributed by atoms with Crippen molar-refractivity contribution in [3.8, 4) is 0 Å². The van der Waals surface area contributed by atoms with E-state index in [9.17, 15) is 4.79 Å². The quantitative estimate of drug-likeness (QED) is 0.522. The number of carbonyl (C=O) groups excluding carboxylic acids is 1. The van der Waals surface area contributed by atoms with E-state index in [1.807, 2.05) is 46.3 Å². The van der Waals surface area contributed by atoms with Crippen LogP contribution in [0.2, 0.25) is 5.02 Å². The first-order valence-electron chi connectivity index (χ1n) is 10.5. The molecule has 1 heterocycles. The summed E-state index contributed by atoms with van der Waals surface area (Å²) in [6.45, 7) is 7.90. The Kier molecular flexibility index (Phi) is 7.58. The Bertz CT molecular complexity index is 834. The molecule has 0 aliphatic carbocycles. The average Bonchev–Trinajstić information content (AvgIpc) is 2.74. The van der Waals surface area contributed by atoms with Gasteiger partial charge in [-0.3, -0.25) is 4.79 Å². The summed E-state index contributed by atoms with van der Waals surface area (Å²) in [5, 5.41) is 2.50. The van der Waals surface area contributed by atoms with Gasteiger partial charge >= 0.3 is 0 Å². The summed E-state index contributed by atoms with van der Waals surface area (Å²) in [7, 11) is 0. The molecule has 1 unspecified atom stereocenters. The van der Waals surface area contributed by atoms with Crippen LogP contribution in [0.25, 0.3) is 0 Å². The van der Waals surface area contributed by atoms with Crippen molar-refractivity contribution in [3.63, 3.8) is 0 Å². The average molecular weight is 430 g/mol. The third-order valence-electron chi connectivity index (χ3n) is 5.37. The van der Waals surface area contributed by atoms with E-state index < -0.39 is 6.04 Å². The predicted molar refractivity (Wildman–Crippen MR) is 125 cm³/mol. The van der Waals surface area contributed by atoms with E-state index in [0.29, 0.717) is 30.5 Å². The lowest BCUT2D eigenvalue weighted by molar-refractivity contribution is -0.132. The molecule has 0 aromatic heterocycles. The van der Waals surface area contributed by atoms with Crippen LogP contribution in [0.5, 0.6) is 0 Å². The molecule has 3 rings (SSSR count). The summed E-state index contributed by atoms with van der Waals surface area (Å²) in [5.74, 6) is 6.79. The fraction of sp³-hybridized carbons (Fsp3) is 0.435. The standard InChI is InChI=1S/C23H32ClN5O/c1-17(2)16-29(26)22-6-4-3-5-21(22)27-11-13-28(14-12-27)23(30)20(25)15-18-7-9-19(24)10-8-18/h3-10,17,20H,11-16,25-26H2,1-2H3. The summed E-state index contributed by atoms with van der Waals surface area (Å²) in [5.41, 5.74) is 9.36. The van der Waals surface area contributed by atoms with Gasteiger partial charge in [-0.1, -0.05) is 49.7 Å². The molecule has 1 amide bonds. The number of rotatable bonds is 7. The maximum absolute atomic E-state index is 12.8. The molecule has 1 atom stereocenters. The second-order valence-corrected chi connectivity index (χ2v) is 8.72. The molecule has 1 saturated heterocycles. The zero-order valence-corrected chi connectivity index (χ0v) is 18.6. The number of piperazine rings is 1. The predicted octanol–water partition coefficient (Wildman–Crippen LogP) is 2.89. The van der Waals surface area contributed by atoms with Gasteiger partial charge in [-0.15, -0.1) is 0 Å². The van der Waals surface area contributed by atoms with Crippen molar-refractivity contribution in [2.24, 2.45) is 17.5 Å². The van der Waals surface area contributed by atoms with Gasteiger partial charge in [0, 0.05) is 37.7 Å². The molecule has 0 radical (unpaired) electrons. The van der Waals surface area contributed by atoms with E-state index in [1.54, 1.807) is 0 Å². The molecule has 0 spiro atoms. The van der Waals surface area contributed by atoms with E-state index in [1.165, 1.54) is 0 Å². The number of hydrazine groups is 1. The molecule has 7 heteroatoms. The van der Waals surface area contributed by atoms with Crippen LogP contribution in [0.15, 0.2) is 48.5 Å². The van der Waals surface area contributed by atoms with Gasteiger partial charge in [0.15, 0.2) is 0 Å². The number of nitrogens with two attached hydrogens (primary N) is 2. The minimum Gasteiger partial charge on any atom is -0.366 e. The molecular formula is C23H32ClN5O. The van der Waals surface area contributed by atoms with Crippen molar-refractivity contribution in [1.82, 2.24) is 4.90 Å². The highest BCUT2D eigenvalue weighted by molar-refractivity contribution is 6.30. The van der Waals surface area contributed by atoms with E-state index in [2.05, 4.69) is 30.9 Å². The van der Waals surface area contributed by atoms with Crippen LogP contribution in [0, 0.1) is 5.92 Å². The number of carbonyl (C=O) groups is 1. The Balaban J connectivity index is 1.59. The van der Waals surface area contributed by atoms with E-state index >= 15 is 0 Å².